The molecule has 5 nitrogen and oxygen atoms in total. The fraction of sp³-hybridized carbons (Fsp3) is 0.650. The zero-order valence-corrected chi connectivity index (χ0v) is 16.0. The normalized spacial score (nSPS) is 33.0. The molecular weight excluding hydrogens is 348 g/mol. The minimum atomic E-state index is -0.408. The minimum absolute atomic E-state index is 0.0663. The Hall–Kier alpha value is -1.56. The van der Waals surface area contributed by atoms with E-state index in [1.54, 1.807) is 12.1 Å². The van der Waals surface area contributed by atoms with Crippen LogP contribution < -0.4 is 5.32 Å². The summed E-state index contributed by atoms with van der Waals surface area (Å²) in [6.07, 6.45) is 8.10. The largest absolute Gasteiger partial charge is 0.352 e. The van der Waals surface area contributed by atoms with Crippen LogP contribution in [-0.4, -0.2) is 22.6 Å². The van der Waals surface area contributed by atoms with Crippen molar-refractivity contribution in [2.45, 2.75) is 56.4 Å². The van der Waals surface area contributed by atoms with Crippen LogP contribution in [0.3, 0.4) is 0 Å². The fourth-order valence-electron chi connectivity index (χ4n) is 5.96. The number of amides is 1. The van der Waals surface area contributed by atoms with Crippen LogP contribution in [0, 0.1) is 33.3 Å². The van der Waals surface area contributed by atoms with E-state index in [9.17, 15) is 14.9 Å². The van der Waals surface area contributed by atoms with Crippen molar-refractivity contribution in [3.05, 3.63) is 34.4 Å². The van der Waals surface area contributed by atoms with Gasteiger partial charge in [0.1, 0.15) is 0 Å². The average molecular weight is 375 g/mol. The number of hydrogen-bond acceptors (Lipinski definition) is 4. The predicted octanol–water partition coefficient (Wildman–Crippen LogP) is 4.41. The quantitative estimate of drug-likeness (QED) is 0.455. The van der Waals surface area contributed by atoms with Crippen LogP contribution in [-0.2, 0) is 4.79 Å². The van der Waals surface area contributed by atoms with Gasteiger partial charge in [0.05, 0.1) is 10.7 Å². The Balaban J connectivity index is 1.31. The number of nitrogens with one attached hydrogen (secondary N) is 1. The zero-order chi connectivity index (χ0) is 18.3. The van der Waals surface area contributed by atoms with Crippen molar-refractivity contribution in [1.29, 1.82) is 0 Å². The van der Waals surface area contributed by atoms with Gasteiger partial charge < -0.3 is 5.32 Å². The number of nitro groups is 1. The maximum atomic E-state index is 12.5. The second-order valence-electron chi connectivity index (χ2n) is 8.61. The number of rotatable bonds is 6. The first-order valence-corrected chi connectivity index (χ1v) is 10.6. The van der Waals surface area contributed by atoms with Gasteiger partial charge in [-0.05, 0) is 80.8 Å². The van der Waals surface area contributed by atoms with Crippen LogP contribution in [0.4, 0.5) is 5.69 Å². The Labute approximate surface area is 158 Å². The number of nitrogens with zero attached hydrogens (tertiary/aromatic N) is 1. The van der Waals surface area contributed by atoms with Gasteiger partial charge in [-0.25, -0.2) is 0 Å². The van der Waals surface area contributed by atoms with E-state index in [1.807, 2.05) is 0 Å². The topological polar surface area (TPSA) is 72.2 Å². The standard InChI is InChI=1S/C20H26N2O3S/c1-13(20-9-14-6-15(10-20)8-16(7-14)11-20)21-19(23)12-26-18-4-2-17(3-5-18)22(24)25/h2-5,13-16H,6-12H2,1H3,(H,21,23). The predicted molar refractivity (Wildman–Crippen MR) is 102 cm³/mol. The highest BCUT2D eigenvalue weighted by atomic mass is 32.2. The summed E-state index contributed by atoms with van der Waals surface area (Å²) in [6, 6.07) is 6.62. The Bertz CT molecular complexity index is 668. The highest BCUT2D eigenvalue weighted by Gasteiger charge is 2.53. The third kappa shape index (κ3) is 3.48. The lowest BCUT2D eigenvalue weighted by molar-refractivity contribution is -0.384. The van der Waals surface area contributed by atoms with Crippen molar-refractivity contribution in [2.75, 3.05) is 5.75 Å². The molecule has 4 aliphatic carbocycles. The highest BCUT2D eigenvalue weighted by Crippen LogP contribution is 2.61. The number of nitro benzene ring substituents is 1. The Kier molecular flexibility index (Phi) is 4.71. The molecule has 0 saturated heterocycles. The molecular formula is C20H26N2O3S. The number of carbonyl (C=O) groups is 1. The molecule has 4 saturated carbocycles. The van der Waals surface area contributed by atoms with Crippen LogP contribution >= 0.6 is 11.8 Å². The molecule has 1 atom stereocenters. The molecule has 1 amide bonds. The van der Waals surface area contributed by atoms with Gasteiger partial charge in [-0.15, -0.1) is 11.8 Å². The molecule has 140 valence electrons. The first kappa shape index (κ1) is 17.8. The van der Waals surface area contributed by atoms with Crippen LogP contribution in [0.15, 0.2) is 29.2 Å². The summed E-state index contributed by atoms with van der Waals surface area (Å²) in [5, 5.41) is 14.0. The zero-order valence-electron chi connectivity index (χ0n) is 15.1. The van der Waals surface area contributed by atoms with Crippen LogP contribution in [0.5, 0.6) is 0 Å². The molecule has 5 rings (SSSR count). The van der Waals surface area contributed by atoms with Gasteiger partial charge in [0.2, 0.25) is 5.91 Å². The number of carbonyl (C=O) groups excluding carboxylic acids is 1. The lowest BCUT2D eigenvalue weighted by Crippen LogP contribution is -2.56. The van der Waals surface area contributed by atoms with Crippen molar-refractivity contribution in [3.8, 4) is 0 Å². The summed E-state index contributed by atoms with van der Waals surface area (Å²) in [6.45, 7) is 2.20. The summed E-state index contributed by atoms with van der Waals surface area (Å²) in [5.74, 6) is 3.07. The maximum Gasteiger partial charge on any atom is 0.269 e. The van der Waals surface area contributed by atoms with Crippen molar-refractivity contribution in [2.24, 2.45) is 23.2 Å². The molecule has 1 aromatic rings. The second kappa shape index (κ2) is 6.87. The number of non-ortho nitro benzene ring substituents is 1. The number of benzene rings is 1. The molecule has 4 bridgehead atoms. The molecule has 0 heterocycles. The molecule has 6 heteroatoms. The molecule has 4 fully saturated rings. The summed E-state index contributed by atoms with van der Waals surface area (Å²) in [7, 11) is 0. The van der Waals surface area contributed by atoms with E-state index in [0.29, 0.717) is 11.2 Å². The monoisotopic (exact) mass is 374 g/mol. The van der Waals surface area contributed by atoms with E-state index in [4.69, 9.17) is 0 Å². The smallest absolute Gasteiger partial charge is 0.269 e. The molecule has 4 aliphatic rings. The van der Waals surface area contributed by atoms with Crippen LogP contribution in [0.1, 0.15) is 45.4 Å². The minimum Gasteiger partial charge on any atom is -0.352 e. The van der Waals surface area contributed by atoms with E-state index < -0.39 is 4.92 Å². The second-order valence-corrected chi connectivity index (χ2v) is 9.66. The molecule has 1 aromatic carbocycles. The van der Waals surface area contributed by atoms with E-state index in [1.165, 1.54) is 62.4 Å². The fourth-order valence-corrected chi connectivity index (χ4v) is 6.67. The molecule has 26 heavy (non-hydrogen) atoms. The van der Waals surface area contributed by atoms with E-state index >= 15 is 0 Å². The Morgan fingerprint density at radius 2 is 1.73 bits per heavy atom. The van der Waals surface area contributed by atoms with Crippen molar-refractivity contribution < 1.29 is 9.72 Å². The Morgan fingerprint density at radius 1 is 1.19 bits per heavy atom. The van der Waals surface area contributed by atoms with E-state index in [-0.39, 0.29) is 17.6 Å². The summed E-state index contributed by atoms with van der Waals surface area (Å²) in [5.41, 5.74) is 0.400. The van der Waals surface area contributed by atoms with Crippen LogP contribution in [0.25, 0.3) is 0 Å². The van der Waals surface area contributed by atoms with Crippen molar-refractivity contribution in [3.63, 3.8) is 0 Å². The maximum absolute atomic E-state index is 12.5. The van der Waals surface area contributed by atoms with Gasteiger partial charge >= 0.3 is 0 Å². The third-order valence-electron chi connectivity index (χ3n) is 6.80. The number of thioether (sulfide) groups is 1. The first-order valence-electron chi connectivity index (χ1n) is 9.60. The summed E-state index contributed by atoms with van der Waals surface area (Å²) < 4.78 is 0. The Morgan fingerprint density at radius 3 is 2.23 bits per heavy atom. The lowest BCUT2D eigenvalue weighted by Gasteiger charge is -2.59. The molecule has 1 N–H and O–H groups in total. The molecule has 0 aliphatic heterocycles. The SMILES string of the molecule is CC(NC(=O)CSc1ccc([N+](=O)[O-])cc1)C12CC3CC(CC(C3)C1)C2. The lowest BCUT2D eigenvalue weighted by atomic mass is 9.48. The van der Waals surface area contributed by atoms with Crippen molar-refractivity contribution in [1.82, 2.24) is 5.32 Å². The van der Waals surface area contributed by atoms with E-state index in [0.717, 1.165) is 22.6 Å². The molecule has 0 aromatic heterocycles. The molecule has 1 unspecified atom stereocenters. The van der Waals surface area contributed by atoms with Gasteiger partial charge in [0.15, 0.2) is 0 Å². The molecule has 0 radical (unpaired) electrons. The van der Waals surface area contributed by atoms with Crippen molar-refractivity contribution >= 4 is 23.4 Å². The van der Waals surface area contributed by atoms with Gasteiger partial charge in [-0.3, -0.25) is 14.9 Å². The summed E-state index contributed by atoms with van der Waals surface area (Å²) >= 11 is 1.43. The van der Waals surface area contributed by atoms with Gasteiger partial charge in [0, 0.05) is 23.1 Å². The van der Waals surface area contributed by atoms with Gasteiger partial charge in [0.25, 0.3) is 5.69 Å². The average Bonchev–Trinajstić information content (AvgIpc) is 2.59. The molecule has 0 spiro atoms. The van der Waals surface area contributed by atoms with Gasteiger partial charge in [-0.1, -0.05) is 0 Å². The van der Waals surface area contributed by atoms with Crippen LogP contribution in [0.2, 0.25) is 0 Å². The first-order chi connectivity index (χ1) is 12.4. The summed E-state index contributed by atoms with van der Waals surface area (Å²) in [4.78, 5) is 23.6. The van der Waals surface area contributed by atoms with E-state index in [2.05, 4.69) is 12.2 Å². The number of hydrogen-bond donors (Lipinski definition) is 1. The van der Waals surface area contributed by atoms with Gasteiger partial charge in [-0.2, -0.15) is 0 Å². The third-order valence-corrected chi connectivity index (χ3v) is 7.81. The highest BCUT2D eigenvalue weighted by molar-refractivity contribution is 8.00.